The number of hydrogen-bond acceptors (Lipinski definition) is 2. The number of carbonyl (C=O) groups is 1. The largest absolute Gasteiger partial charge is 0.340 e. The smallest absolute Gasteiger partial charge is 0.228 e. The SMILES string of the molecule is CCC(C)(C)C(=O)N1C[C@@H](N)[C@H](c2ccccc2)C1. The number of nitrogens with two attached hydrogens (primary N) is 1. The Balaban J connectivity index is 2.12. The van der Waals surface area contributed by atoms with E-state index in [9.17, 15) is 4.79 Å². The second-order valence-corrected chi connectivity index (χ2v) is 6.13. The van der Waals surface area contributed by atoms with E-state index in [0.717, 1.165) is 13.0 Å². The quantitative estimate of drug-likeness (QED) is 0.907. The van der Waals surface area contributed by atoms with Gasteiger partial charge in [-0.1, -0.05) is 51.1 Å². The molecule has 1 fully saturated rings. The molecule has 0 unspecified atom stereocenters. The molecular weight excluding hydrogens is 236 g/mol. The maximum atomic E-state index is 12.5. The molecule has 1 amide bonds. The maximum absolute atomic E-state index is 12.5. The highest BCUT2D eigenvalue weighted by Gasteiger charge is 2.38. The van der Waals surface area contributed by atoms with E-state index in [1.54, 1.807) is 0 Å². The molecule has 1 saturated heterocycles. The van der Waals surface area contributed by atoms with Crippen LogP contribution in [0, 0.1) is 5.41 Å². The molecule has 0 radical (unpaired) electrons. The van der Waals surface area contributed by atoms with E-state index >= 15 is 0 Å². The molecular formula is C16H24N2O. The first kappa shape index (κ1) is 14.1. The Kier molecular flexibility index (Phi) is 3.95. The highest BCUT2D eigenvalue weighted by molar-refractivity contribution is 5.82. The van der Waals surface area contributed by atoms with Crippen molar-refractivity contribution in [2.24, 2.45) is 11.1 Å². The third-order valence-corrected chi connectivity index (χ3v) is 4.34. The first-order valence-corrected chi connectivity index (χ1v) is 7.05. The molecule has 0 bridgehead atoms. The Morgan fingerprint density at radius 1 is 1.32 bits per heavy atom. The van der Waals surface area contributed by atoms with Crippen LogP contribution in [-0.2, 0) is 4.79 Å². The topological polar surface area (TPSA) is 46.3 Å². The van der Waals surface area contributed by atoms with Gasteiger partial charge in [0.25, 0.3) is 0 Å². The Morgan fingerprint density at radius 2 is 1.95 bits per heavy atom. The number of nitrogens with zero attached hydrogens (tertiary/aromatic N) is 1. The van der Waals surface area contributed by atoms with Gasteiger partial charge in [-0.25, -0.2) is 0 Å². The summed E-state index contributed by atoms with van der Waals surface area (Å²) >= 11 is 0. The van der Waals surface area contributed by atoms with E-state index in [-0.39, 0.29) is 23.3 Å². The van der Waals surface area contributed by atoms with Crippen molar-refractivity contribution in [1.29, 1.82) is 0 Å². The highest BCUT2D eigenvalue weighted by Crippen LogP contribution is 2.31. The Labute approximate surface area is 115 Å². The molecule has 104 valence electrons. The molecule has 1 aromatic carbocycles. The van der Waals surface area contributed by atoms with E-state index in [4.69, 9.17) is 5.73 Å². The van der Waals surface area contributed by atoms with Crippen molar-refractivity contribution < 1.29 is 4.79 Å². The second kappa shape index (κ2) is 5.33. The highest BCUT2D eigenvalue weighted by atomic mass is 16.2. The van der Waals surface area contributed by atoms with Gasteiger partial charge in [0.05, 0.1) is 0 Å². The third-order valence-electron chi connectivity index (χ3n) is 4.34. The van der Waals surface area contributed by atoms with Gasteiger partial charge in [-0.3, -0.25) is 4.79 Å². The first-order valence-electron chi connectivity index (χ1n) is 7.05. The summed E-state index contributed by atoms with van der Waals surface area (Å²) in [5, 5.41) is 0. The zero-order valence-corrected chi connectivity index (χ0v) is 12.1. The van der Waals surface area contributed by atoms with E-state index in [1.807, 2.05) is 36.9 Å². The summed E-state index contributed by atoms with van der Waals surface area (Å²) < 4.78 is 0. The molecule has 19 heavy (non-hydrogen) atoms. The molecule has 2 rings (SSSR count). The number of hydrogen-bond donors (Lipinski definition) is 1. The van der Waals surface area contributed by atoms with E-state index < -0.39 is 0 Å². The van der Waals surface area contributed by atoms with Crippen LogP contribution in [0.3, 0.4) is 0 Å². The van der Waals surface area contributed by atoms with Crippen molar-refractivity contribution in [3.8, 4) is 0 Å². The molecule has 1 aliphatic rings. The molecule has 2 N–H and O–H groups in total. The third kappa shape index (κ3) is 2.81. The fourth-order valence-electron chi connectivity index (χ4n) is 2.63. The monoisotopic (exact) mass is 260 g/mol. The van der Waals surface area contributed by atoms with Gasteiger partial charge in [-0.15, -0.1) is 0 Å². The molecule has 3 heteroatoms. The molecule has 1 heterocycles. The number of likely N-dealkylation sites (tertiary alicyclic amines) is 1. The van der Waals surface area contributed by atoms with Crippen LogP contribution in [-0.4, -0.2) is 29.9 Å². The molecule has 0 aromatic heterocycles. The summed E-state index contributed by atoms with van der Waals surface area (Å²) in [4.78, 5) is 14.4. The van der Waals surface area contributed by atoms with Crippen LogP contribution in [0.4, 0.5) is 0 Å². The lowest BCUT2D eigenvalue weighted by Crippen LogP contribution is -2.40. The van der Waals surface area contributed by atoms with Crippen LogP contribution < -0.4 is 5.73 Å². The summed E-state index contributed by atoms with van der Waals surface area (Å²) in [6, 6.07) is 10.3. The lowest BCUT2D eigenvalue weighted by Gasteiger charge is -2.28. The fourth-order valence-corrected chi connectivity index (χ4v) is 2.63. The minimum atomic E-state index is -0.286. The summed E-state index contributed by atoms with van der Waals surface area (Å²) in [6.07, 6.45) is 0.855. The van der Waals surface area contributed by atoms with E-state index in [1.165, 1.54) is 5.56 Å². The normalized spacial score (nSPS) is 23.7. The van der Waals surface area contributed by atoms with Crippen LogP contribution in [0.5, 0.6) is 0 Å². The standard InChI is InChI=1S/C16H24N2O/c1-4-16(2,3)15(19)18-10-13(14(17)11-18)12-8-6-5-7-9-12/h5-9,13-14H,4,10-11,17H2,1-3H3/t13-,14+/m0/s1. The van der Waals surface area contributed by atoms with Gasteiger partial charge < -0.3 is 10.6 Å². The van der Waals surface area contributed by atoms with E-state index in [0.29, 0.717) is 6.54 Å². The van der Waals surface area contributed by atoms with Crippen molar-refractivity contribution in [3.63, 3.8) is 0 Å². The minimum absolute atomic E-state index is 0.0407. The molecule has 2 atom stereocenters. The zero-order chi connectivity index (χ0) is 14.0. The number of carbonyl (C=O) groups excluding carboxylic acids is 1. The zero-order valence-electron chi connectivity index (χ0n) is 12.1. The van der Waals surface area contributed by atoms with Crippen LogP contribution >= 0.6 is 0 Å². The minimum Gasteiger partial charge on any atom is -0.340 e. The molecule has 1 aliphatic heterocycles. The molecule has 1 aromatic rings. The van der Waals surface area contributed by atoms with Crippen molar-refractivity contribution >= 4 is 5.91 Å². The van der Waals surface area contributed by atoms with Gasteiger partial charge in [0.2, 0.25) is 5.91 Å². The van der Waals surface area contributed by atoms with Crippen molar-refractivity contribution in [3.05, 3.63) is 35.9 Å². The fraction of sp³-hybridized carbons (Fsp3) is 0.562. The lowest BCUT2D eigenvalue weighted by atomic mass is 9.88. The predicted octanol–water partition coefficient (Wildman–Crippen LogP) is 2.38. The number of amides is 1. The Bertz CT molecular complexity index is 441. The molecule has 0 aliphatic carbocycles. The number of benzene rings is 1. The summed E-state index contributed by atoms with van der Waals surface area (Å²) in [5.41, 5.74) is 7.18. The predicted molar refractivity (Wildman–Crippen MR) is 77.8 cm³/mol. The summed E-state index contributed by atoms with van der Waals surface area (Å²) in [5.74, 6) is 0.488. The average Bonchev–Trinajstić information content (AvgIpc) is 2.80. The second-order valence-electron chi connectivity index (χ2n) is 6.13. The van der Waals surface area contributed by atoms with Crippen LogP contribution in [0.2, 0.25) is 0 Å². The first-order chi connectivity index (χ1) is 8.95. The van der Waals surface area contributed by atoms with Crippen LogP contribution in [0.1, 0.15) is 38.7 Å². The summed E-state index contributed by atoms with van der Waals surface area (Å²) in [6.45, 7) is 7.49. The molecule has 3 nitrogen and oxygen atoms in total. The van der Waals surface area contributed by atoms with Gasteiger partial charge in [0.15, 0.2) is 0 Å². The lowest BCUT2D eigenvalue weighted by molar-refractivity contribution is -0.139. The maximum Gasteiger partial charge on any atom is 0.228 e. The molecule has 0 saturated carbocycles. The van der Waals surface area contributed by atoms with Crippen LogP contribution in [0.15, 0.2) is 30.3 Å². The van der Waals surface area contributed by atoms with Crippen molar-refractivity contribution in [2.75, 3.05) is 13.1 Å². The van der Waals surface area contributed by atoms with Gasteiger partial charge in [-0.05, 0) is 12.0 Å². The number of rotatable bonds is 3. The van der Waals surface area contributed by atoms with Gasteiger partial charge in [0, 0.05) is 30.5 Å². The summed E-state index contributed by atoms with van der Waals surface area (Å²) in [7, 11) is 0. The molecule has 0 spiro atoms. The van der Waals surface area contributed by atoms with Gasteiger partial charge in [0.1, 0.15) is 0 Å². The average molecular weight is 260 g/mol. The Hall–Kier alpha value is -1.35. The Morgan fingerprint density at radius 3 is 2.53 bits per heavy atom. The van der Waals surface area contributed by atoms with E-state index in [2.05, 4.69) is 19.1 Å². The van der Waals surface area contributed by atoms with Gasteiger partial charge in [-0.2, -0.15) is 0 Å². The van der Waals surface area contributed by atoms with Crippen molar-refractivity contribution in [1.82, 2.24) is 4.90 Å². The van der Waals surface area contributed by atoms with Crippen LogP contribution in [0.25, 0.3) is 0 Å². The van der Waals surface area contributed by atoms with Gasteiger partial charge >= 0.3 is 0 Å². The van der Waals surface area contributed by atoms with Crippen molar-refractivity contribution in [2.45, 2.75) is 39.2 Å².